The summed E-state index contributed by atoms with van der Waals surface area (Å²) in [5, 5.41) is 13.9. The highest BCUT2D eigenvalue weighted by atomic mass is 35.5. The third-order valence-corrected chi connectivity index (χ3v) is 1.86. The van der Waals surface area contributed by atoms with E-state index in [1.54, 1.807) is 18.2 Å². The largest absolute Gasteiger partial charge is 0.411 e. The van der Waals surface area contributed by atoms with Crippen LogP contribution in [-0.2, 0) is 4.79 Å². The minimum Gasteiger partial charge on any atom is -0.411 e. The lowest BCUT2D eigenvalue weighted by Crippen LogP contribution is -2.13. The first-order chi connectivity index (χ1) is 6.63. The molecule has 2 N–H and O–H groups in total. The molecule has 0 heterocycles. The highest BCUT2D eigenvalue weighted by Crippen LogP contribution is 2.19. The minimum absolute atomic E-state index is 0.488. The molecule has 0 spiro atoms. The summed E-state index contributed by atoms with van der Waals surface area (Å²) in [6.07, 6.45) is 0.786. The second kappa shape index (κ2) is 4.62. The number of benzene rings is 1. The molecule has 0 unspecified atom stereocenters. The van der Waals surface area contributed by atoms with Crippen molar-refractivity contribution in [3.8, 4) is 0 Å². The maximum Gasteiger partial charge on any atom is 0.270 e. The van der Waals surface area contributed by atoms with E-state index in [4.69, 9.17) is 16.8 Å². The third kappa shape index (κ3) is 2.74. The number of hydrogen-bond donors (Lipinski definition) is 2. The number of carbonyl (C=O) groups is 1. The van der Waals surface area contributed by atoms with Gasteiger partial charge < -0.3 is 10.5 Å². The first kappa shape index (κ1) is 10.5. The van der Waals surface area contributed by atoms with Crippen LogP contribution in [0.15, 0.2) is 23.4 Å². The smallest absolute Gasteiger partial charge is 0.270 e. The Morgan fingerprint density at radius 1 is 1.64 bits per heavy atom. The summed E-state index contributed by atoms with van der Waals surface area (Å²) in [4.78, 5) is 11.0. The van der Waals surface area contributed by atoms with Crippen LogP contribution in [0, 0.1) is 6.92 Å². The van der Waals surface area contributed by atoms with Crippen molar-refractivity contribution in [2.75, 3.05) is 5.32 Å². The summed E-state index contributed by atoms with van der Waals surface area (Å²) < 4.78 is 0. The first-order valence-corrected chi connectivity index (χ1v) is 4.26. The number of anilines is 1. The molecule has 0 radical (unpaired) electrons. The lowest BCUT2D eigenvalue weighted by Gasteiger charge is -2.05. The highest BCUT2D eigenvalue weighted by Gasteiger charge is 2.02. The van der Waals surface area contributed by atoms with Gasteiger partial charge in [0.1, 0.15) is 6.21 Å². The zero-order chi connectivity index (χ0) is 10.6. The molecule has 0 aliphatic rings. The monoisotopic (exact) mass is 212 g/mol. The quantitative estimate of drug-likeness (QED) is 0.448. The first-order valence-electron chi connectivity index (χ1n) is 3.88. The van der Waals surface area contributed by atoms with E-state index in [2.05, 4.69) is 10.5 Å². The maximum absolute atomic E-state index is 11.0. The fourth-order valence-corrected chi connectivity index (χ4v) is 1.21. The SMILES string of the molecule is Cc1cc(Cl)ccc1NC(=O)C=NO. The van der Waals surface area contributed by atoms with Crippen LogP contribution in [0.4, 0.5) is 5.69 Å². The summed E-state index contributed by atoms with van der Waals surface area (Å²) in [5.41, 5.74) is 1.48. The molecule has 1 aromatic rings. The molecule has 0 saturated carbocycles. The Labute approximate surface area is 86.2 Å². The lowest BCUT2D eigenvalue weighted by molar-refractivity contribution is -0.110. The molecule has 1 aromatic carbocycles. The van der Waals surface area contributed by atoms with Crippen LogP contribution in [0.3, 0.4) is 0 Å². The van der Waals surface area contributed by atoms with Gasteiger partial charge in [0, 0.05) is 10.7 Å². The number of rotatable bonds is 2. The van der Waals surface area contributed by atoms with Crippen LogP contribution in [-0.4, -0.2) is 17.3 Å². The number of nitrogens with one attached hydrogen (secondary N) is 1. The van der Waals surface area contributed by atoms with Gasteiger partial charge in [0.2, 0.25) is 0 Å². The number of amides is 1. The van der Waals surface area contributed by atoms with Crippen LogP contribution in [0.1, 0.15) is 5.56 Å². The molecule has 0 bridgehead atoms. The van der Waals surface area contributed by atoms with Crippen LogP contribution in [0.25, 0.3) is 0 Å². The number of carbonyl (C=O) groups excluding carboxylic acids is 1. The van der Waals surface area contributed by atoms with Gasteiger partial charge in [-0.05, 0) is 30.7 Å². The van der Waals surface area contributed by atoms with Crippen LogP contribution >= 0.6 is 11.6 Å². The molecule has 4 nitrogen and oxygen atoms in total. The molecular formula is C9H9ClN2O2. The molecule has 0 aliphatic heterocycles. The number of oxime groups is 1. The molecule has 74 valence electrons. The maximum atomic E-state index is 11.0. The zero-order valence-corrected chi connectivity index (χ0v) is 8.25. The fourth-order valence-electron chi connectivity index (χ4n) is 0.985. The van der Waals surface area contributed by atoms with Crippen molar-refractivity contribution in [2.45, 2.75) is 6.92 Å². The Morgan fingerprint density at radius 3 is 2.93 bits per heavy atom. The topological polar surface area (TPSA) is 61.7 Å². The average molecular weight is 213 g/mol. The van der Waals surface area contributed by atoms with Crippen molar-refractivity contribution in [3.63, 3.8) is 0 Å². The van der Waals surface area contributed by atoms with Gasteiger partial charge in [-0.2, -0.15) is 0 Å². The standard InChI is InChI=1S/C9H9ClN2O2/c1-6-4-7(10)2-3-8(6)12-9(13)5-11-14/h2-5,14H,1H3,(H,12,13). The van der Waals surface area contributed by atoms with E-state index in [1.807, 2.05) is 6.92 Å². The summed E-state index contributed by atoms with van der Waals surface area (Å²) >= 11 is 5.74. The van der Waals surface area contributed by atoms with Gasteiger partial charge in [0.25, 0.3) is 5.91 Å². The van der Waals surface area contributed by atoms with E-state index in [-0.39, 0.29) is 0 Å². The van der Waals surface area contributed by atoms with Crippen molar-refractivity contribution in [3.05, 3.63) is 28.8 Å². The Hall–Kier alpha value is -1.55. The van der Waals surface area contributed by atoms with E-state index in [0.717, 1.165) is 11.8 Å². The van der Waals surface area contributed by atoms with E-state index in [9.17, 15) is 4.79 Å². The average Bonchev–Trinajstić information content (AvgIpc) is 2.10. The number of aryl methyl sites for hydroxylation is 1. The molecule has 14 heavy (non-hydrogen) atoms. The van der Waals surface area contributed by atoms with Crippen LogP contribution in [0.2, 0.25) is 5.02 Å². The Bertz CT molecular complexity index is 377. The van der Waals surface area contributed by atoms with Gasteiger partial charge in [-0.3, -0.25) is 4.79 Å². The van der Waals surface area contributed by atoms with E-state index in [1.165, 1.54) is 0 Å². The van der Waals surface area contributed by atoms with Gasteiger partial charge in [-0.1, -0.05) is 16.8 Å². The molecule has 1 amide bonds. The van der Waals surface area contributed by atoms with Crippen molar-refractivity contribution < 1.29 is 10.0 Å². The van der Waals surface area contributed by atoms with Gasteiger partial charge >= 0.3 is 0 Å². The number of nitrogens with zero attached hydrogens (tertiary/aromatic N) is 1. The van der Waals surface area contributed by atoms with Gasteiger partial charge in [0.05, 0.1) is 0 Å². The molecular weight excluding hydrogens is 204 g/mol. The predicted octanol–water partition coefficient (Wildman–Crippen LogP) is 2.05. The van der Waals surface area contributed by atoms with Crippen molar-refractivity contribution in [2.24, 2.45) is 5.16 Å². The minimum atomic E-state index is -0.488. The predicted molar refractivity (Wildman–Crippen MR) is 55.1 cm³/mol. The molecule has 0 atom stereocenters. The van der Waals surface area contributed by atoms with E-state index >= 15 is 0 Å². The zero-order valence-electron chi connectivity index (χ0n) is 7.49. The van der Waals surface area contributed by atoms with Crippen molar-refractivity contribution in [1.82, 2.24) is 0 Å². The second-order valence-corrected chi connectivity index (χ2v) is 3.13. The van der Waals surface area contributed by atoms with E-state index < -0.39 is 5.91 Å². The molecule has 1 rings (SSSR count). The van der Waals surface area contributed by atoms with Crippen molar-refractivity contribution in [1.29, 1.82) is 0 Å². The van der Waals surface area contributed by atoms with Gasteiger partial charge in [-0.25, -0.2) is 0 Å². The third-order valence-electron chi connectivity index (χ3n) is 1.62. The normalized spacial score (nSPS) is 10.4. The van der Waals surface area contributed by atoms with Crippen LogP contribution in [0.5, 0.6) is 0 Å². The second-order valence-electron chi connectivity index (χ2n) is 2.69. The van der Waals surface area contributed by atoms with Crippen LogP contribution < -0.4 is 5.32 Å². The molecule has 5 heteroatoms. The van der Waals surface area contributed by atoms with E-state index in [0.29, 0.717) is 10.7 Å². The van der Waals surface area contributed by atoms with Gasteiger partial charge in [-0.15, -0.1) is 0 Å². The Balaban J connectivity index is 2.82. The number of hydrogen-bond acceptors (Lipinski definition) is 3. The molecule has 0 saturated heterocycles. The number of halogens is 1. The molecule has 0 aliphatic carbocycles. The summed E-state index contributed by atoms with van der Waals surface area (Å²) in [5.74, 6) is -0.488. The van der Waals surface area contributed by atoms with Crippen molar-refractivity contribution >= 4 is 29.4 Å². The summed E-state index contributed by atoms with van der Waals surface area (Å²) in [7, 11) is 0. The highest BCUT2D eigenvalue weighted by molar-refractivity contribution is 6.32. The molecule has 0 fully saturated rings. The fraction of sp³-hybridized carbons (Fsp3) is 0.111. The van der Waals surface area contributed by atoms with Gasteiger partial charge in [0.15, 0.2) is 0 Å². The Kier molecular flexibility index (Phi) is 3.48. The summed E-state index contributed by atoms with van der Waals surface area (Å²) in [6, 6.07) is 5.08. The Morgan fingerprint density at radius 2 is 2.36 bits per heavy atom. The lowest BCUT2D eigenvalue weighted by atomic mass is 10.2. The summed E-state index contributed by atoms with van der Waals surface area (Å²) in [6.45, 7) is 1.82. The molecule has 0 aromatic heterocycles.